The second-order valence-corrected chi connectivity index (χ2v) is 8.03. The Morgan fingerprint density at radius 1 is 0.970 bits per heavy atom. The number of benzene rings is 1. The Labute approximate surface area is 195 Å². The second kappa shape index (κ2) is 12.5. The van der Waals surface area contributed by atoms with Gasteiger partial charge in [-0.1, -0.05) is 32.0 Å². The summed E-state index contributed by atoms with van der Waals surface area (Å²) in [5.41, 5.74) is 3.63. The van der Waals surface area contributed by atoms with E-state index < -0.39 is 0 Å². The van der Waals surface area contributed by atoms with Crippen molar-refractivity contribution in [1.82, 2.24) is 25.0 Å². The van der Waals surface area contributed by atoms with Gasteiger partial charge in [0.2, 0.25) is 11.8 Å². The summed E-state index contributed by atoms with van der Waals surface area (Å²) in [5, 5.41) is 7.75. The Kier molecular flexibility index (Phi) is 9.18. The molecule has 2 heterocycles. The van der Waals surface area contributed by atoms with Crippen molar-refractivity contribution in [2.24, 2.45) is 0 Å². The molecule has 0 bridgehead atoms. The third-order valence-electron chi connectivity index (χ3n) is 5.37. The van der Waals surface area contributed by atoms with Crippen molar-refractivity contribution in [2.45, 2.75) is 52.5 Å². The molecule has 0 saturated carbocycles. The number of carbonyl (C=O) groups is 2. The van der Waals surface area contributed by atoms with E-state index in [-0.39, 0.29) is 11.8 Å². The Hall–Kier alpha value is -3.48. The van der Waals surface area contributed by atoms with E-state index in [0.29, 0.717) is 25.8 Å². The minimum Gasteiger partial charge on any atom is -0.352 e. The Bertz CT molecular complexity index is 1010. The first-order valence-corrected chi connectivity index (χ1v) is 11.7. The van der Waals surface area contributed by atoms with Crippen LogP contribution in [0.5, 0.6) is 0 Å². The van der Waals surface area contributed by atoms with Crippen LogP contribution in [0.2, 0.25) is 0 Å². The summed E-state index contributed by atoms with van der Waals surface area (Å²) in [6.45, 7) is 6.08. The number of aromatic nitrogens is 3. The lowest BCUT2D eigenvalue weighted by Gasteiger charge is -2.21. The third-order valence-corrected chi connectivity index (χ3v) is 5.37. The summed E-state index contributed by atoms with van der Waals surface area (Å²) in [6.07, 6.45) is 8.59. The molecule has 0 radical (unpaired) electrons. The summed E-state index contributed by atoms with van der Waals surface area (Å²) in [6, 6.07) is 13.7. The van der Waals surface area contributed by atoms with E-state index in [1.54, 1.807) is 12.4 Å². The highest BCUT2D eigenvalue weighted by atomic mass is 16.2. The smallest absolute Gasteiger partial charge is 0.222 e. The summed E-state index contributed by atoms with van der Waals surface area (Å²) < 4.78 is 1.83. The van der Waals surface area contributed by atoms with E-state index in [1.807, 2.05) is 58.2 Å². The van der Waals surface area contributed by atoms with Gasteiger partial charge >= 0.3 is 0 Å². The van der Waals surface area contributed by atoms with Crippen LogP contribution < -0.4 is 5.32 Å². The zero-order valence-corrected chi connectivity index (χ0v) is 19.5. The first-order chi connectivity index (χ1) is 16.1. The maximum Gasteiger partial charge on any atom is 0.222 e. The molecule has 3 rings (SSSR count). The van der Waals surface area contributed by atoms with Crippen LogP contribution in [0, 0.1) is 0 Å². The standard InChI is InChI=1S/C26H33N5O2/c1-3-17-30(18-4-2)25(33)12-8-11-24(32)28-19-22-20-31(23-9-6-5-7-10-23)29-26(22)21-13-15-27-16-14-21/h5-7,9-10,13-16,20H,3-4,8,11-12,17-19H2,1-2H3,(H,28,32). The van der Waals surface area contributed by atoms with Crippen LogP contribution in [-0.2, 0) is 16.1 Å². The zero-order valence-electron chi connectivity index (χ0n) is 19.5. The number of hydrogen-bond acceptors (Lipinski definition) is 4. The van der Waals surface area contributed by atoms with E-state index in [4.69, 9.17) is 5.10 Å². The monoisotopic (exact) mass is 447 g/mol. The molecular formula is C26H33N5O2. The molecule has 33 heavy (non-hydrogen) atoms. The lowest BCUT2D eigenvalue weighted by molar-refractivity contribution is -0.131. The van der Waals surface area contributed by atoms with Gasteiger partial charge in [0.25, 0.3) is 0 Å². The van der Waals surface area contributed by atoms with E-state index in [1.165, 1.54) is 0 Å². The van der Waals surface area contributed by atoms with Crippen molar-refractivity contribution >= 4 is 11.8 Å². The molecule has 2 amide bonds. The third kappa shape index (κ3) is 7.00. The molecule has 0 unspecified atom stereocenters. The summed E-state index contributed by atoms with van der Waals surface area (Å²) in [4.78, 5) is 30.9. The van der Waals surface area contributed by atoms with Gasteiger partial charge in [0.1, 0.15) is 0 Å². The molecule has 0 spiro atoms. The molecule has 0 fully saturated rings. The fraction of sp³-hybridized carbons (Fsp3) is 0.385. The number of amides is 2. The van der Waals surface area contributed by atoms with Gasteiger partial charge in [-0.2, -0.15) is 5.10 Å². The maximum absolute atomic E-state index is 12.5. The number of nitrogens with zero attached hydrogens (tertiary/aromatic N) is 4. The molecular weight excluding hydrogens is 414 g/mol. The largest absolute Gasteiger partial charge is 0.352 e. The minimum absolute atomic E-state index is 0.0616. The molecule has 7 nitrogen and oxygen atoms in total. The lowest BCUT2D eigenvalue weighted by Crippen LogP contribution is -2.32. The maximum atomic E-state index is 12.5. The SMILES string of the molecule is CCCN(CCC)C(=O)CCCC(=O)NCc1cn(-c2ccccc2)nc1-c1ccncc1. The molecule has 2 aromatic heterocycles. The van der Waals surface area contributed by atoms with Crippen molar-refractivity contribution in [1.29, 1.82) is 0 Å². The van der Waals surface area contributed by atoms with E-state index in [9.17, 15) is 9.59 Å². The van der Waals surface area contributed by atoms with Crippen molar-refractivity contribution < 1.29 is 9.59 Å². The highest BCUT2D eigenvalue weighted by Crippen LogP contribution is 2.23. The molecule has 174 valence electrons. The van der Waals surface area contributed by atoms with Crippen LogP contribution in [0.4, 0.5) is 0 Å². The number of nitrogens with one attached hydrogen (secondary N) is 1. The van der Waals surface area contributed by atoms with Gasteiger partial charge in [-0.3, -0.25) is 14.6 Å². The van der Waals surface area contributed by atoms with Crippen LogP contribution in [-0.4, -0.2) is 44.6 Å². The van der Waals surface area contributed by atoms with Gasteiger partial charge in [0.05, 0.1) is 11.4 Å². The quantitative estimate of drug-likeness (QED) is 0.447. The average Bonchev–Trinajstić information content (AvgIpc) is 3.28. The van der Waals surface area contributed by atoms with Gasteiger partial charge in [-0.25, -0.2) is 4.68 Å². The topological polar surface area (TPSA) is 80.1 Å². The van der Waals surface area contributed by atoms with Gasteiger partial charge in [-0.15, -0.1) is 0 Å². The van der Waals surface area contributed by atoms with Crippen molar-refractivity contribution in [3.63, 3.8) is 0 Å². The Balaban J connectivity index is 1.60. The first-order valence-electron chi connectivity index (χ1n) is 11.7. The number of carbonyl (C=O) groups excluding carboxylic acids is 2. The Morgan fingerprint density at radius 2 is 1.67 bits per heavy atom. The average molecular weight is 448 g/mol. The van der Waals surface area contributed by atoms with Gasteiger partial charge in [-0.05, 0) is 43.5 Å². The van der Waals surface area contributed by atoms with E-state index in [0.717, 1.165) is 48.4 Å². The fourth-order valence-corrected chi connectivity index (χ4v) is 3.75. The number of pyridine rings is 1. The van der Waals surface area contributed by atoms with Crippen LogP contribution >= 0.6 is 0 Å². The molecule has 0 aliphatic carbocycles. The molecule has 0 saturated heterocycles. The fourth-order valence-electron chi connectivity index (χ4n) is 3.75. The second-order valence-electron chi connectivity index (χ2n) is 8.03. The van der Waals surface area contributed by atoms with Crippen LogP contribution in [0.15, 0.2) is 61.1 Å². The zero-order chi connectivity index (χ0) is 23.5. The molecule has 0 atom stereocenters. The molecule has 7 heteroatoms. The van der Waals surface area contributed by atoms with Crippen molar-refractivity contribution in [3.05, 3.63) is 66.6 Å². The van der Waals surface area contributed by atoms with Crippen molar-refractivity contribution in [2.75, 3.05) is 13.1 Å². The van der Waals surface area contributed by atoms with Gasteiger partial charge in [0, 0.05) is 62.2 Å². The van der Waals surface area contributed by atoms with Gasteiger partial charge in [0.15, 0.2) is 0 Å². The summed E-state index contributed by atoms with van der Waals surface area (Å²) in [7, 11) is 0. The van der Waals surface area contributed by atoms with E-state index >= 15 is 0 Å². The van der Waals surface area contributed by atoms with Gasteiger partial charge < -0.3 is 10.2 Å². The van der Waals surface area contributed by atoms with Crippen LogP contribution in [0.25, 0.3) is 16.9 Å². The van der Waals surface area contributed by atoms with Crippen molar-refractivity contribution in [3.8, 4) is 16.9 Å². The van der Waals surface area contributed by atoms with Crippen LogP contribution in [0.1, 0.15) is 51.5 Å². The highest BCUT2D eigenvalue weighted by molar-refractivity contribution is 5.79. The van der Waals surface area contributed by atoms with Crippen LogP contribution in [0.3, 0.4) is 0 Å². The lowest BCUT2D eigenvalue weighted by atomic mass is 10.1. The highest BCUT2D eigenvalue weighted by Gasteiger charge is 2.15. The Morgan fingerprint density at radius 3 is 2.33 bits per heavy atom. The minimum atomic E-state index is -0.0616. The summed E-state index contributed by atoms with van der Waals surface area (Å²) in [5.74, 6) is 0.0732. The van der Waals surface area contributed by atoms with E-state index in [2.05, 4.69) is 24.1 Å². The molecule has 0 aliphatic rings. The first kappa shape index (κ1) is 24.2. The molecule has 1 aromatic carbocycles. The predicted molar refractivity (Wildman–Crippen MR) is 130 cm³/mol. The number of hydrogen-bond donors (Lipinski definition) is 1. The molecule has 3 aromatic rings. The number of para-hydroxylation sites is 1. The summed E-state index contributed by atoms with van der Waals surface area (Å²) >= 11 is 0. The normalized spacial score (nSPS) is 10.7. The molecule has 1 N–H and O–H groups in total. The molecule has 0 aliphatic heterocycles. The number of rotatable bonds is 12. The predicted octanol–water partition coefficient (Wildman–Crippen LogP) is 4.37.